The second-order valence-electron chi connectivity index (χ2n) is 3.73. The van der Waals surface area contributed by atoms with E-state index in [0.29, 0.717) is 12.3 Å². The SMILES string of the molecule is CCC[C@@H](C)CC(C(=O)OC)C(=O)OC. The molecule has 4 nitrogen and oxygen atoms in total. The summed E-state index contributed by atoms with van der Waals surface area (Å²) in [6.45, 7) is 4.09. The van der Waals surface area contributed by atoms with Gasteiger partial charge in [-0.1, -0.05) is 26.7 Å². The van der Waals surface area contributed by atoms with E-state index in [1.165, 1.54) is 14.2 Å². The molecule has 0 aromatic heterocycles. The highest BCUT2D eigenvalue weighted by atomic mass is 16.5. The number of esters is 2. The minimum atomic E-state index is -0.776. The molecule has 0 spiro atoms. The van der Waals surface area contributed by atoms with Crippen LogP contribution in [0.2, 0.25) is 0 Å². The second-order valence-corrected chi connectivity index (χ2v) is 3.73. The van der Waals surface area contributed by atoms with Gasteiger partial charge in [-0.3, -0.25) is 9.59 Å². The fraction of sp³-hybridized carbons (Fsp3) is 0.818. The number of rotatable bonds is 6. The van der Waals surface area contributed by atoms with Gasteiger partial charge < -0.3 is 9.47 Å². The van der Waals surface area contributed by atoms with Crippen LogP contribution in [0, 0.1) is 11.8 Å². The first-order valence-corrected chi connectivity index (χ1v) is 5.22. The Morgan fingerprint density at radius 1 is 1.13 bits per heavy atom. The molecule has 0 saturated carbocycles. The Morgan fingerprint density at radius 3 is 1.93 bits per heavy atom. The van der Waals surface area contributed by atoms with Gasteiger partial charge in [-0.2, -0.15) is 0 Å². The quantitative estimate of drug-likeness (QED) is 0.501. The Morgan fingerprint density at radius 2 is 1.60 bits per heavy atom. The van der Waals surface area contributed by atoms with Crippen molar-refractivity contribution in [3.63, 3.8) is 0 Å². The van der Waals surface area contributed by atoms with Crippen molar-refractivity contribution in [1.82, 2.24) is 0 Å². The summed E-state index contributed by atoms with van der Waals surface area (Å²) in [5, 5.41) is 0. The van der Waals surface area contributed by atoms with Crippen LogP contribution in [0.5, 0.6) is 0 Å². The Labute approximate surface area is 90.9 Å². The summed E-state index contributed by atoms with van der Waals surface area (Å²) >= 11 is 0. The van der Waals surface area contributed by atoms with Gasteiger partial charge in [0.1, 0.15) is 0 Å². The zero-order valence-electron chi connectivity index (χ0n) is 9.91. The summed E-state index contributed by atoms with van der Waals surface area (Å²) in [7, 11) is 2.56. The molecule has 0 radical (unpaired) electrons. The highest BCUT2D eigenvalue weighted by Gasteiger charge is 2.29. The van der Waals surface area contributed by atoms with Crippen LogP contribution < -0.4 is 0 Å². The summed E-state index contributed by atoms with van der Waals surface area (Å²) < 4.78 is 9.15. The molecule has 15 heavy (non-hydrogen) atoms. The zero-order valence-corrected chi connectivity index (χ0v) is 9.91. The maximum atomic E-state index is 11.3. The van der Waals surface area contributed by atoms with Crippen molar-refractivity contribution in [2.45, 2.75) is 33.1 Å². The van der Waals surface area contributed by atoms with Gasteiger partial charge in [0, 0.05) is 0 Å². The van der Waals surface area contributed by atoms with Gasteiger partial charge >= 0.3 is 11.9 Å². The summed E-state index contributed by atoms with van der Waals surface area (Å²) in [6.07, 6.45) is 2.52. The van der Waals surface area contributed by atoms with Gasteiger partial charge in [-0.05, 0) is 12.3 Å². The fourth-order valence-electron chi connectivity index (χ4n) is 1.59. The van der Waals surface area contributed by atoms with Crippen LogP contribution in [0.25, 0.3) is 0 Å². The van der Waals surface area contributed by atoms with Crippen molar-refractivity contribution >= 4 is 11.9 Å². The normalized spacial score (nSPS) is 12.3. The van der Waals surface area contributed by atoms with E-state index in [1.807, 2.05) is 6.92 Å². The van der Waals surface area contributed by atoms with Crippen LogP contribution in [-0.2, 0) is 19.1 Å². The van der Waals surface area contributed by atoms with Crippen LogP contribution in [0.4, 0.5) is 0 Å². The lowest BCUT2D eigenvalue weighted by Crippen LogP contribution is -2.28. The maximum Gasteiger partial charge on any atom is 0.320 e. The van der Waals surface area contributed by atoms with Crippen molar-refractivity contribution in [3.8, 4) is 0 Å². The van der Waals surface area contributed by atoms with E-state index in [0.717, 1.165) is 12.8 Å². The monoisotopic (exact) mass is 216 g/mol. The smallest absolute Gasteiger partial charge is 0.320 e. The van der Waals surface area contributed by atoms with E-state index in [2.05, 4.69) is 16.4 Å². The Balaban J connectivity index is 4.37. The van der Waals surface area contributed by atoms with Crippen LogP contribution in [0.15, 0.2) is 0 Å². The van der Waals surface area contributed by atoms with Crippen molar-refractivity contribution in [3.05, 3.63) is 0 Å². The standard InChI is InChI=1S/C11H20O4/c1-5-6-8(2)7-9(10(12)14-3)11(13)15-4/h8-9H,5-7H2,1-4H3/t8-/m1/s1. The first kappa shape index (κ1) is 13.9. The molecule has 0 unspecified atom stereocenters. The molecule has 0 rings (SSSR count). The molecule has 0 heterocycles. The van der Waals surface area contributed by atoms with Gasteiger partial charge in [0.2, 0.25) is 0 Å². The molecule has 0 aliphatic heterocycles. The molecule has 0 N–H and O–H groups in total. The second kappa shape index (κ2) is 7.26. The van der Waals surface area contributed by atoms with Crippen molar-refractivity contribution < 1.29 is 19.1 Å². The highest BCUT2D eigenvalue weighted by Crippen LogP contribution is 2.19. The van der Waals surface area contributed by atoms with E-state index < -0.39 is 17.9 Å². The van der Waals surface area contributed by atoms with E-state index in [4.69, 9.17) is 0 Å². The summed E-state index contributed by atoms with van der Waals surface area (Å²) in [6, 6.07) is 0. The van der Waals surface area contributed by atoms with E-state index in [9.17, 15) is 9.59 Å². The topological polar surface area (TPSA) is 52.6 Å². The predicted octanol–water partition coefficient (Wildman–Crippen LogP) is 1.77. The van der Waals surface area contributed by atoms with Crippen LogP contribution >= 0.6 is 0 Å². The molecule has 0 aliphatic rings. The van der Waals surface area contributed by atoms with E-state index in [1.54, 1.807) is 0 Å². The molecule has 4 heteroatoms. The Kier molecular flexibility index (Phi) is 6.75. The van der Waals surface area contributed by atoms with Crippen molar-refractivity contribution in [2.75, 3.05) is 14.2 Å². The average molecular weight is 216 g/mol. The summed E-state index contributed by atoms with van der Waals surface area (Å²) in [4.78, 5) is 22.7. The third kappa shape index (κ3) is 4.81. The van der Waals surface area contributed by atoms with Gasteiger partial charge in [-0.15, -0.1) is 0 Å². The Bertz CT molecular complexity index is 197. The van der Waals surface area contributed by atoms with Crippen LogP contribution in [0.1, 0.15) is 33.1 Å². The molecule has 1 atom stereocenters. The lowest BCUT2D eigenvalue weighted by Gasteiger charge is -2.16. The highest BCUT2D eigenvalue weighted by molar-refractivity contribution is 5.94. The summed E-state index contributed by atoms with van der Waals surface area (Å²) in [5.41, 5.74) is 0. The fourth-order valence-corrected chi connectivity index (χ4v) is 1.59. The third-order valence-corrected chi connectivity index (χ3v) is 2.39. The zero-order chi connectivity index (χ0) is 11.8. The number of carbonyl (C=O) groups is 2. The number of methoxy groups -OCH3 is 2. The first-order chi connectivity index (χ1) is 7.06. The van der Waals surface area contributed by atoms with Gasteiger partial charge in [0.25, 0.3) is 0 Å². The molecule has 0 amide bonds. The third-order valence-electron chi connectivity index (χ3n) is 2.39. The molecule has 0 aliphatic carbocycles. The molecule has 0 aromatic rings. The Hall–Kier alpha value is -1.06. The van der Waals surface area contributed by atoms with Gasteiger partial charge in [0.15, 0.2) is 5.92 Å². The minimum absolute atomic E-state index is 0.318. The average Bonchev–Trinajstić information content (AvgIpc) is 2.24. The molecule has 88 valence electrons. The molecular weight excluding hydrogens is 196 g/mol. The summed E-state index contributed by atoms with van der Waals surface area (Å²) in [5.74, 6) is -1.48. The van der Waals surface area contributed by atoms with Crippen LogP contribution in [-0.4, -0.2) is 26.2 Å². The lowest BCUT2D eigenvalue weighted by atomic mass is 9.92. The maximum absolute atomic E-state index is 11.3. The van der Waals surface area contributed by atoms with Gasteiger partial charge in [0.05, 0.1) is 14.2 Å². The molecule has 0 bridgehead atoms. The van der Waals surface area contributed by atoms with Gasteiger partial charge in [-0.25, -0.2) is 0 Å². The number of hydrogen-bond acceptors (Lipinski definition) is 4. The predicted molar refractivity (Wildman–Crippen MR) is 56.2 cm³/mol. The van der Waals surface area contributed by atoms with Crippen molar-refractivity contribution in [1.29, 1.82) is 0 Å². The van der Waals surface area contributed by atoms with E-state index >= 15 is 0 Å². The lowest BCUT2D eigenvalue weighted by molar-refractivity contribution is -0.159. The molecular formula is C11H20O4. The number of carbonyl (C=O) groups excluding carboxylic acids is 2. The largest absolute Gasteiger partial charge is 0.468 e. The first-order valence-electron chi connectivity index (χ1n) is 5.22. The van der Waals surface area contributed by atoms with Crippen LogP contribution in [0.3, 0.4) is 0 Å². The number of ether oxygens (including phenoxy) is 2. The minimum Gasteiger partial charge on any atom is -0.468 e. The molecule has 0 saturated heterocycles. The number of hydrogen-bond donors (Lipinski definition) is 0. The molecule has 0 aromatic carbocycles. The molecule has 0 fully saturated rings. The van der Waals surface area contributed by atoms with Crippen molar-refractivity contribution in [2.24, 2.45) is 11.8 Å². The van der Waals surface area contributed by atoms with E-state index in [-0.39, 0.29) is 0 Å².